The van der Waals surface area contributed by atoms with Gasteiger partial charge in [-0.05, 0) is 12.8 Å². The molecule has 0 spiro atoms. The van der Waals surface area contributed by atoms with Gasteiger partial charge in [-0.2, -0.15) is 0 Å². The van der Waals surface area contributed by atoms with Crippen molar-refractivity contribution in [3.05, 3.63) is 0 Å². The van der Waals surface area contributed by atoms with E-state index in [1.54, 1.807) is 0 Å². The van der Waals surface area contributed by atoms with Crippen molar-refractivity contribution in [1.29, 1.82) is 0 Å². The van der Waals surface area contributed by atoms with E-state index in [1.165, 1.54) is 12.8 Å². The van der Waals surface area contributed by atoms with Crippen LogP contribution in [0.1, 0.15) is 26.7 Å². The Balaban J connectivity index is 2.54. The predicted molar refractivity (Wildman–Crippen MR) is 47.5 cm³/mol. The topological polar surface area (TPSA) is 32.3 Å². The van der Waals surface area contributed by atoms with Crippen LogP contribution in [-0.2, 0) is 0 Å². The van der Waals surface area contributed by atoms with E-state index in [9.17, 15) is 4.55 Å². The van der Waals surface area contributed by atoms with Crippen molar-refractivity contribution in [3.63, 3.8) is 0 Å². The Morgan fingerprint density at radius 2 is 2.40 bits per heavy atom. The lowest BCUT2D eigenvalue weighted by Gasteiger charge is -2.43. The van der Waals surface area contributed by atoms with Gasteiger partial charge in [-0.1, -0.05) is 24.3 Å². The first kappa shape index (κ1) is 8.37. The third-order valence-electron chi connectivity index (χ3n) is 2.25. The summed E-state index contributed by atoms with van der Waals surface area (Å²) in [6.07, 6.45) is 2.41. The summed E-state index contributed by atoms with van der Waals surface area (Å²) in [5, 5.41) is 0.492. The van der Waals surface area contributed by atoms with Crippen LogP contribution >= 0.6 is 10.5 Å². The Morgan fingerprint density at radius 3 is 2.80 bits per heavy atom. The fourth-order valence-corrected chi connectivity index (χ4v) is 3.47. The first-order valence-electron chi connectivity index (χ1n) is 3.96. The second-order valence-corrected chi connectivity index (χ2v) is 6.07. The van der Waals surface area contributed by atoms with Gasteiger partial charge in [0.05, 0.1) is 0 Å². The molecule has 0 saturated carbocycles. The molecule has 0 aromatic rings. The van der Waals surface area contributed by atoms with E-state index >= 15 is 0 Å². The number of hydrogen-bond acceptors (Lipinski definition) is 2. The molecule has 1 rings (SSSR count). The Morgan fingerprint density at radius 1 is 1.70 bits per heavy atom. The third-order valence-corrected chi connectivity index (χ3v) is 5.40. The molecule has 10 heavy (non-hydrogen) atoms. The van der Waals surface area contributed by atoms with Crippen LogP contribution in [0, 0.1) is 0 Å². The Bertz CT molecular complexity index is 120. The number of nitrogens with one attached hydrogen (secondary N) is 1. The number of hydrogen-bond donors (Lipinski definition) is 2. The average Bonchev–Trinajstić information content (AvgIpc) is 1.96. The van der Waals surface area contributed by atoms with Crippen LogP contribution in [0.3, 0.4) is 0 Å². The third kappa shape index (κ3) is 1.47. The van der Waals surface area contributed by atoms with E-state index in [2.05, 4.69) is 18.6 Å². The normalized spacial score (nSPS) is 48.1. The maximum absolute atomic E-state index is 9.92. The van der Waals surface area contributed by atoms with E-state index in [1.807, 2.05) is 0 Å². The highest BCUT2D eigenvalue weighted by Gasteiger charge is 2.28. The quantitative estimate of drug-likeness (QED) is 0.619. The summed E-state index contributed by atoms with van der Waals surface area (Å²) >= 11 is 0. The minimum atomic E-state index is -1.41. The SMILES string of the molecule is CCS1(O)NCCC[C@@H]1C. The van der Waals surface area contributed by atoms with Gasteiger partial charge in [0, 0.05) is 17.5 Å². The fourth-order valence-electron chi connectivity index (χ4n) is 1.36. The molecule has 1 heterocycles. The minimum Gasteiger partial charge on any atom is -0.338 e. The van der Waals surface area contributed by atoms with Gasteiger partial charge >= 0.3 is 0 Å². The van der Waals surface area contributed by atoms with Crippen molar-refractivity contribution in [1.82, 2.24) is 4.72 Å². The summed E-state index contributed by atoms with van der Waals surface area (Å²) in [4.78, 5) is 0. The lowest BCUT2D eigenvalue weighted by Crippen LogP contribution is -2.35. The molecule has 2 atom stereocenters. The molecule has 0 bridgehead atoms. The Kier molecular flexibility index (Phi) is 2.61. The van der Waals surface area contributed by atoms with Gasteiger partial charge < -0.3 is 4.55 Å². The van der Waals surface area contributed by atoms with Crippen molar-refractivity contribution in [2.45, 2.75) is 31.9 Å². The summed E-state index contributed by atoms with van der Waals surface area (Å²) in [6.45, 7) is 5.21. The first-order valence-corrected chi connectivity index (χ1v) is 5.78. The molecule has 2 nitrogen and oxygen atoms in total. The van der Waals surface area contributed by atoms with Crippen LogP contribution in [0.5, 0.6) is 0 Å². The lowest BCUT2D eigenvalue weighted by atomic mass is 10.2. The van der Waals surface area contributed by atoms with Crippen LogP contribution in [0.25, 0.3) is 0 Å². The second-order valence-electron chi connectivity index (χ2n) is 2.89. The molecular weight excluding hydrogens is 146 g/mol. The first-order chi connectivity index (χ1) is 4.69. The summed E-state index contributed by atoms with van der Waals surface area (Å²) in [6, 6.07) is 0. The zero-order valence-corrected chi connectivity index (χ0v) is 7.58. The highest BCUT2D eigenvalue weighted by molar-refractivity contribution is 8.28. The monoisotopic (exact) mass is 163 g/mol. The minimum absolute atomic E-state index is 0.492. The van der Waals surface area contributed by atoms with Crippen LogP contribution in [0.2, 0.25) is 0 Å². The highest BCUT2D eigenvalue weighted by atomic mass is 32.3. The van der Waals surface area contributed by atoms with E-state index in [-0.39, 0.29) is 0 Å². The van der Waals surface area contributed by atoms with Gasteiger partial charge in [-0.15, -0.1) is 0 Å². The van der Waals surface area contributed by atoms with Crippen molar-refractivity contribution in [2.75, 3.05) is 12.3 Å². The smallest absolute Gasteiger partial charge is 0.0198 e. The van der Waals surface area contributed by atoms with Gasteiger partial charge in [-0.25, -0.2) is 0 Å². The maximum Gasteiger partial charge on any atom is 0.0198 e. The molecule has 0 radical (unpaired) electrons. The summed E-state index contributed by atoms with van der Waals surface area (Å²) in [7, 11) is -1.41. The molecule has 0 amide bonds. The molecule has 62 valence electrons. The van der Waals surface area contributed by atoms with Gasteiger partial charge in [-0.3, -0.25) is 4.72 Å². The van der Waals surface area contributed by atoms with Gasteiger partial charge in [0.25, 0.3) is 0 Å². The standard InChI is InChI=1S/C7H17NOS/c1-3-10(9)7(2)5-4-6-8-10/h7-9H,3-6H2,1-2H3/t7-/m0/s1. The second kappa shape index (κ2) is 3.11. The van der Waals surface area contributed by atoms with E-state index in [4.69, 9.17) is 0 Å². The molecule has 1 aliphatic heterocycles. The van der Waals surface area contributed by atoms with Crippen LogP contribution in [0.15, 0.2) is 0 Å². The molecule has 0 aromatic heterocycles. The zero-order chi connectivity index (χ0) is 7.61. The van der Waals surface area contributed by atoms with E-state index in [0.29, 0.717) is 5.25 Å². The molecular formula is C7H17NOS. The summed E-state index contributed by atoms with van der Waals surface area (Å²) in [5.41, 5.74) is 0. The summed E-state index contributed by atoms with van der Waals surface area (Å²) in [5.74, 6) is 0.897. The van der Waals surface area contributed by atoms with Crippen LogP contribution < -0.4 is 4.72 Å². The Hall–Kier alpha value is 0.270. The lowest BCUT2D eigenvalue weighted by molar-refractivity contribution is 0.547. The van der Waals surface area contributed by atoms with E-state index < -0.39 is 10.5 Å². The highest BCUT2D eigenvalue weighted by Crippen LogP contribution is 2.47. The van der Waals surface area contributed by atoms with Gasteiger partial charge in [0.2, 0.25) is 0 Å². The van der Waals surface area contributed by atoms with Gasteiger partial charge in [0.15, 0.2) is 0 Å². The molecule has 1 fully saturated rings. The van der Waals surface area contributed by atoms with Crippen molar-refractivity contribution >= 4 is 10.5 Å². The molecule has 2 N–H and O–H groups in total. The molecule has 3 heteroatoms. The van der Waals surface area contributed by atoms with Crippen molar-refractivity contribution in [3.8, 4) is 0 Å². The average molecular weight is 163 g/mol. The Labute approximate surface area is 64.7 Å². The summed E-state index contributed by atoms with van der Waals surface area (Å²) < 4.78 is 13.2. The largest absolute Gasteiger partial charge is 0.338 e. The molecule has 1 unspecified atom stereocenters. The predicted octanol–water partition coefficient (Wildman–Crippen LogP) is 1.97. The van der Waals surface area contributed by atoms with Crippen LogP contribution in [0.4, 0.5) is 0 Å². The molecule has 0 aromatic carbocycles. The number of rotatable bonds is 1. The molecule has 1 saturated heterocycles. The van der Waals surface area contributed by atoms with Crippen LogP contribution in [-0.4, -0.2) is 22.1 Å². The zero-order valence-electron chi connectivity index (χ0n) is 6.76. The van der Waals surface area contributed by atoms with Crippen molar-refractivity contribution in [2.24, 2.45) is 0 Å². The fraction of sp³-hybridized carbons (Fsp3) is 1.00. The van der Waals surface area contributed by atoms with E-state index in [0.717, 1.165) is 12.3 Å². The maximum atomic E-state index is 9.92. The molecule has 1 aliphatic rings. The van der Waals surface area contributed by atoms with Crippen molar-refractivity contribution < 1.29 is 4.55 Å². The van der Waals surface area contributed by atoms with Gasteiger partial charge in [0.1, 0.15) is 0 Å². The molecule has 0 aliphatic carbocycles.